The van der Waals surface area contributed by atoms with Gasteiger partial charge in [-0.1, -0.05) is 26.3 Å². The van der Waals surface area contributed by atoms with Gasteiger partial charge >= 0.3 is 5.97 Å². The SMILES string of the molecule is CCC[C@@H](CCO)Nc1nc(N)nc(C)c1Cc1ccc(OCCCN(CC)CCC(=O)O)cc1C. The Hall–Kier alpha value is -2.91. The Morgan fingerprint density at radius 1 is 1.19 bits per heavy atom. The highest BCUT2D eigenvalue weighted by molar-refractivity contribution is 5.66. The van der Waals surface area contributed by atoms with Crippen LogP contribution in [0.4, 0.5) is 11.8 Å². The summed E-state index contributed by atoms with van der Waals surface area (Å²) < 4.78 is 5.96. The second-order valence-electron chi connectivity index (χ2n) is 9.18. The largest absolute Gasteiger partial charge is 0.494 e. The zero-order valence-electron chi connectivity index (χ0n) is 22.2. The Balaban J connectivity index is 2.04. The molecule has 1 atom stereocenters. The van der Waals surface area contributed by atoms with Crippen LogP contribution in [0.3, 0.4) is 0 Å². The Kier molecular flexibility index (Phi) is 12.4. The molecule has 9 nitrogen and oxygen atoms in total. The lowest BCUT2D eigenvalue weighted by atomic mass is 9.99. The van der Waals surface area contributed by atoms with E-state index in [0.29, 0.717) is 26.0 Å². The fraction of sp³-hybridized carbons (Fsp3) is 0.593. The van der Waals surface area contributed by atoms with Crippen LogP contribution in [0.5, 0.6) is 5.75 Å². The van der Waals surface area contributed by atoms with Crippen molar-refractivity contribution in [3.8, 4) is 5.75 Å². The predicted octanol–water partition coefficient (Wildman–Crippen LogP) is 3.79. The molecule has 1 heterocycles. The molecule has 0 radical (unpaired) electrons. The van der Waals surface area contributed by atoms with Gasteiger partial charge in [-0.25, -0.2) is 4.98 Å². The fourth-order valence-electron chi connectivity index (χ4n) is 4.24. The molecule has 0 aliphatic rings. The molecular formula is C27H43N5O4. The molecule has 0 bridgehead atoms. The summed E-state index contributed by atoms with van der Waals surface area (Å²) in [6.07, 6.45) is 4.24. The van der Waals surface area contributed by atoms with Crippen molar-refractivity contribution in [3.63, 3.8) is 0 Å². The maximum atomic E-state index is 10.8. The van der Waals surface area contributed by atoms with Crippen LogP contribution in [0.25, 0.3) is 0 Å². The highest BCUT2D eigenvalue weighted by Crippen LogP contribution is 2.26. The number of aliphatic hydroxyl groups is 1. The zero-order valence-corrected chi connectivity index (χ0v) is 22.2. The Labute approximate surface area is 215 Å². The molecule has 1 aromatic heterocycles. The van der Waals surface area contributed by atoms with Crippen molar-refractivity contribution in [1.29, 1.82) is 0 Å². The number of carbonyl (C=O) groups is 1. The Morgan fingerprint density at radius 2 is 1.97 bits per heavy atom. The summed E-state index contributed by atoms with van der Waals surface area (Å²) in [4.78, 5) is 21.8. The lowest BCUT2D eigenvalue weighted by molar-refractivity contribution is -0.137. The van der Waals surface area contributed by atoms with E-state index in [9.17, 15) is 9.90 Å². The van der Waals surface area contributed by atoms with E-state index in [0.717, 1.165) is 66.3 Å². The molecule has 0 unspecified atom stereocenters. The van der Waals surface area contributed by atoms with E-state index in [2.05, 4.69) is 40.1 Å². The van der Waals surface area contributed by atoms with Crippen molar-refractivity contribution in [2.75, 3.05) is 43.9 Å². The summed E-state index contributed by atoms with van der Waals surface area (Å²) in [5, 5.41) is 21.8. The topological polar surface area (TPSA) is 134 Å². The third kappa shape index (κ3) is 9.62. The number of aryl methyl sites for hydroxylation is 2. The highest BCUT2D eigenvalue weighted by Gasteiger charge is 2.16. The van der Waals surface area contributed by atoms with Crippen LogP contribution < -0.4 is 15.8 Å². The van der Waals surface area contributed by atoms with Gasteiger partial charge < -0.3 is 30.9 Å². The first kappa shape index (κ1) is 29.3. The van der Waals surface area contributed by atoms with Gasteiger partial charge in [0.05, 0.1) is 13.0 Å². The molecule has 0 saturated carbocycles. The van der Waals surface area contributed by atoms with Gasteiger partial charge in [0.2, 0.25) is 5.95 Å². The number of aliphatic carboxylic acids is 1. The van der Waals surface area contributed by atoms with Crippen LogP contribution in [0, 0.1) is 13.8 Å². The Morgan fingerprint density at radius 3 is 2.61 bits per heavy atom. The molecule has 9 heteroatoms. The lowest BCUT2D eigenvalue weighted by Gasteiger charge is -2.21. The molecule has 200 valence electrons. The van der Waals surface area contributed by atoms with Crippen LogP contribution in [-0.2, 0) is 11.2 Å². The minimum Gasteiger partial charge on any atom is -0.494 e. The van der Waals surface area contributed by atoms with Crippen molar-refractivity contribution in [3.05, 3.63) is 40.6 Å². The standard InChI is InChI=1S/C27H43N5O4/c1-5-8-22(12-15-33)30-26-24(20(4)29-27(28)31-26)18-21-9-10-23(17-19(21)3)36-16-7-13-32(6-2)14-11-25(34)35/h9-10,17,22,33H,5-8,11-16,18H2,1-4H3,(H,34,35)(H3,28,29,30,31)/t22-/m0/s1. The quantitative estimate of drug-likeness (QED) is 0.239. The van der Waals surface area contributed by atoms with Gasteiger partial charge in [-0.3, -0.25) is 4.79 Å². The van der Waals surface area contributed by atoms with Crippen molar-refractivity contribution in [2.24, 2.45) is 0 Å². The van der Waals surface area contributed by atoms with Crippen molar-refractivity contribution in [2.45, 2.75) is 72.3 Å². The number of carboxylic acid groups (broad SMARTS) is 1. The number of nitrogens with one attached hydrogen (secondary N) is 1. The second-order valence-corrected chi connectivity index (χ2v) is 9.18. The number of aromatic nitrogens is 2. The van der Waals surface area contributed by atoms with Crippen LogP contribution in [0.1, 0.15) is 68.3 Å². The first-order valence-corrected chi connectivity index (χ1v) is 12.9. The average Bonchev–Trinajstić information content (AvgIpc) is 2.82. The summed E-state index contributed by atoms with van der Waals surface area (Å²) in [6, 6.07) is 6.23. The molecule has 0 amide bonds. The van der Waals surface area contributed by atoms with Crippen molar-refractivity contribution >= 4 is 17.7 Å². The number of hydrogen-bond donors (Lipinski definition) is 4. The third-order valence-corrected chi connectivity index (χ3v) is 6.34. The number of hydrogen-bond acceptors (Lipinski definition) is 8. The number of nitrogens with zero attached hydrogens (tertiary/aromatic N) is 3. The lowest BCUT2D eigenvalue weighted by Crippen LogP contribution is -2.28. The van der Waals surface area contributed by atoms with Gasteiger partial charge in [0, 0.05) is 43.4 Å². The number of nitrogen functional groups attached to an aromatic ring is 1. The van der Waals surface area contributed by atoms with Crippen molar-refractivity contribution < 1.29 is 19.7 Å². The van der Waals surface area contributed by atoms with E-state index in [4.69, 9.17) is 15.6 Å². The summed E-state index contributed by atoms with van der Waals surface area (Å²) in [6.45, 7) is 11.1. The fourth-order valence-corrected chi connectivity index (χ4v) is 4.24. The number of rotatable bonds is 17. The predicted molar refractivity (Wildman–Crippen MR) is 144 cm³/mol. The molecule has 0 aliphatic heterocycles. The minimum absolute atomic E-state index is 0.117. The maximum Gasteiger partial charge on any atom is 0.304 e. The summed E-state index contributed by atoms with van der Waals surface area (Å²) in [7, 11) is 0. The van der Waals surface area contributed by atoms with E-state index >= 15 is 0 Å². The van der Waals surface area contributed by atoms with Crippen LogP contribution >= 0.6 is 0 Å². The van der Waals surface area contributed by atoms with Gasteiger partial charge in [0.15, 0.2) is 0 Å². The number of aliphatic hydroxyl groups excluding tert-OH is 1. The van der Waals surface area contributed by atoms with Crippen LogP contribution in [0.2, 0.25) is 0 Å². The van der Waals surface area contributed by atoms with E-state index in [1.54, 1.807) is 0 Å². The van der Waals surface area contributed by atoms with E-state index in [-0.39, 0.29) is 25.0 Å². The van der Waals surface area contributed by atoms with Gasteiger partial charge in [0.1, 0.15) is 11.6 Å². The summed E-state index contributed by atoms with van der Waals surface area (Å²) >= 11 is 0. The smallest absolute Gasteiger partial charge is 0.304 e. The molecule has 0 spiro atoms. The van der Waals surface area contributed by atoms with Gasteiger partial charge in [-0.2, -0.15) is 4.98 Å². The maximum absolute atomic E-state index is 10.8. The molecule has 2 aromatic rings. The number of ether oxygens (including phenoxy) is 1. The van der Waals surface area contributed by atoms with E-state index < -0.39 is 5.97 Å². The summed E-state index contributed by atoms with van der Waals surface area (Å²) in [5.74, 6) is 1.02. The first-order chi connectivity index (χ1) is 17.3. The normalized spacial score (nSPS) is 12.1. The van der Waals surface area contributed by atoms with Gasteiger partial charge in [-0.05, 0) is 62.9 Å². The molecular weight excluding hydrogens is 458 g/mol. The molecule has 0 saturated heterocycles. The number of anilines is 2. The monoisotopic (exact) mass is 501 g/mol. The van der Waals surface area contributed by atoms with E-state index in [1.165, 1.54) is 0 Å². The molecule has 1 aromatic carbocycles. The number of benzene rings is 1. The second kappa shape index (κ2) is 15.3. The first-order valence-electron chi connectivity index (χ1n) is 12.9. The highest BCUT2D eigenvalue weighted by atomic mass is 16.5. The minimum atomic E-state index is -0.769. The average molecular weight is 502 g/mol. The number of nitrogens with two attached hydrogens (primary N) is 1. The van der Waals surface area contributed by atoms with Gasteiger partial charge in [-0.15, -0.1) is 0 Å². The molecule has 0 aliphatic carbocycles. The summed E-state index contributed by atoms with van der Waals surface area (Å²) in [5.41, 5.74) is 10.1. The Bertz CT molecular complexity index is 963. The molecule has 2 rings (SSSR count). The van der Waals surface area contributed by atoms with Crippen LogP contribution in [0.15, 0.2) is 18.2 Å². The molecule has 0 fully saturated rings. The van der Waals surface area contributed by atoms with Gasteiger partial charge in [0.25, 0.3) is 0 Å². The molecule has 36 heavy (non-hydrogen) atoms. The zero-order chi connectivity index (χ0) is 26.5. The molecule has 5 N–H and O–H groups in total. The van der Waals surface area contributed by atoms with Crippen LogP contribution in [-0.4, -0.2) is 69.9 Å². The van der Waals surface area contributed by atoms with Crippen molar-refractivity contribution in [1.82, 2.24) is 14.9 Å². The van der Waals surface area contributed by atoms with E-state index in [1.807, 2.05) is 26.0 Å². The number of carboxylic acids is 1. The third-order valence-electron chi connectivity index (χ3n) is 6.34.